The summed E-state index contributed by atoms with van der Waals surface area (Å²) in [5.74, 6) is -0.113. The zero-order valence-corrected chi connectivity index (χ0v) is 12.2. The van der Waals surface area contributed by atoms with E-state index in [-0.39, 0.29) is 18.1 Å². The Balaban J connectivity index is 1.72. The number of hydrogen-bond acceptors (Lipinski definition) is 3. The number of nitrogens with zero attached hydrogens (tertiary/aromatic N) is 1. The van der Waals surface area contributed by atoms with Gasteiger partial charge in [-0.15, -0.1) is 0 Å². The topological polar surface area (TPSA) is 58.6 Å². The SMILES string of the molecule is CC(=O)NC[C@H]1CN(c2ccc3c(c2)CCCC3)C(=O)O1. The second-order valence-corrected chi connectivity index (χ2v) is 5.71. The number of fused-ring (bicyclic) bond motifs is 1. The van der Waals surface area contributed by atoms with E-state index in [1.54, 1.807) is 4.90 Å². The molecule has 3 rings (SSSR count). The summed E-state index contributed by atoms with van der Waals surface area (Å²) in [7, 11) is 0. The van der Waals surface area contributed by atoms with E-state index in [0.29, 0.717) is 13.1 Å². The van der Waals surface area contributed by atoms with Crippen LogP contribution in [-0.2, 0) is 22.4 Å². The highest BCUT2D eigenvalue weighted by Crippen LogP contribution is 2.28. The number of cyclic esters (lactones) is 1. The third-order valence-corrected chi connectivity index (χ3v) is 4.10. The van der Waals surface area contributed by atoms with E-state index in [9.17, 15) is 9.59 Å². The van der Waals surface area contributed by atoms with E-state index in [2.05, 4.69) is 17.4 Å². The predicted octanol–water partition coefficient (Wildman–Crippen LogP) is 2.03. The number of anilines is 1. The summed E-state index contributed by atoms with van der Waals surface area (Å²) in [6, 6.07) is 6.22. The van der Waals surface area contributed by atoms with Gasteiger partial charge in [-0.05, 0) is 48.9 Å². The smallest absolute Gasteiger partial charge is 0.414 e. The average Bonchev–Trinajstić information content (AvgIpc) is 2.86. The van der Waals surface area contributed by atoms with E-state index >= 15 is 0 Å². The molecule has 0 saturated carbocycles. The van der Waals surface area contributed by atoms with Crippen LogP contribution >= 0.6 is 0 Å². The lowest BCUT2D eigenvalue weighted by Crippen LogP contribution is -2.33. The Morgan fingerprint density at radius 2 is 2.10 bits per heavy atom. The van der Waals surface area contributed by atoms with Crippen molar-refractivity contribution >= 4 is 17.7 Å². The van der Waals surface area contributed by atoms with Crippen LogP contribution in [0.4, 0.5) is 10.5 Å². The van der Waals surface area contributed by atoms with Crippen LogP contribution in [0.25, 0.3) is 0 Å². The third-order valence-electron chi connectivity index (χ3n) is 4.10. The maximum absolute atomic E-state index is 12.0. The van der Waals surface area contributed by atoms with Crippen molar-refractivity contribution in [2.24, 2.45) is 0 Å². The molecule has 0 spiro atoms. The summed E-state index contributed by atoms with van der Waals surface area (Å²) in [6.45, 7) is 2.30. The lowest BCUT2D eigenvalue weighted by molar-refractivity contribution is -0.119. The van der Waals surface area contributed by atoms with Gasteiger partial charge in [-0.3, -0.25) is 9.69 Å². The van der Waals surface area contributed by atoms with Crippen LogP contribution in [0, 0.1) is 0 Å². The van der Waals surface area contributed by atoms with Gasteiger partial charge in [0, 0.05) is 12.6 Å². The van der Waals surface area contributed by atoms with Gasteiger partial charge in [-0.1, -0.05) is 6.07 Å². The first-order valence-corrected chi connectivity index (χ1v) is 7.48. The zero-order valence-electron chi connectivity index (χ0n) is 12.2. The number of amides is 2. The van der Waals surface area contributed by atoms with Crippen LogP contribution < -0.4 is 10.2 Å². The van der Waals surface area contributed by atoms with E-state index < -0.39 is 0 Å². The molecule has 1 heterocycles. The molecule has 1 fully saturated rings. The minimum atomic E-state index is -0.332. The summed E-state index contributed by atoms with van der Waals surface area (Å²) < 4.78 is 5.30. The van der Waals surface area contributed by atoms with Gasteiger partial charge in [0.15, 0.2) is 0 Å². The molecule has 2 aliphatic rings. The number of aryl methyl sites for hydroxylation is 2. The van der Waals surface area contributed by atoms with Crippen LogP contribution in [0.3, 0.4) is 0 Å². The fraction of sp³-hybridized carbons (Fsp3) is 0.500. The Kier molecular flexibility index (Phi) is 3.82. The molecule has 0 radical (unpaired) electrons. The largest absolute Gasteiger partial charge is 0.442 e. The van der Waals surface area contributed by atoms with Gasteiger partial charge in [0.25, 0.3) is 0 Å². The van der Waals surface area contributed by atoms with Gasteiger partial charge >= 0.3 is 6.09 Å². The van der Waals surface area contributed by atoms with E-state index in [4.69, 9.17) is 4.74 Å². The number of benzene rings is 1. The van der Waals surface area contributed by atoms with Crippen LogP contribution in [0.15, 0.2) is 18.2 Å². The number of carbonyl (C=O) groups excluding carboxylic acids is 2. The van der Waals surface area contributed by atoms with Gasteiger partial charge in [0.05, 0.1) is 13.1 Å². The van der Waals surface area contributed by atoms with Gasteiger partial charge in [-0.2, -0.15) is 0 Å². The highest BCUT2D eigenvalue weighted by Gasteiger charge is 2.32. The first-order chi connectivity index (χ1) is 10.1. The van der Waals surface area contributed by atoms with Gasteiger partial charge in [-0.25, -0.2) is 4.79 Å². The predicted molar refractivity (Wildman–Crippen MR) is 79.4 cm³/mol. The maximum Gasteiger partial charge on any atom is 0.414 e. The molecule has 5 nitrogen and oxygen atoms in total. The van der Waals surface area contributed by atoms with Gasteiger partial charge in [0.2, 0.25) is 5.91 Å². The van der Waals surface area contributed by atoms with Crippen molar-refractivity contribution in [3.8, 4) is 0 Å². The Hall–Kier alpha value is -2.04. The molecule has 0 bridgehead atoms. The molecule has 5 heteroatoms. The molecule has 1 saturated heterocycles. The van der Waals surface area contributed by atoms with Crippen molar-refractivity contribution in [3.05, 3.63) is 29.3 Å². The Morgan fingerprint density at radius 1 is 1.33 bits per heavy atom. The second-order valence-electron chi connectivity index (χ2n) is 5.71. The van der Waals surface area contributed by atoms with Gasteiger partial charge in [0.1, 0.15) is 6.10 Å². The third kappa shape index (κ3) is 3.01. The van der Waals surface area contributed by atoms with Crippen molar-refractivity contribution in [3.63, 3.8) is 0 Å². The lowest BCUT2D eigenvalue weighted by atomic mass is 9.91. The van der Waals surface area contributed by atoms with E-state index in [0.717, 1.165) is 18.5 Å². The summed E-state index contributed by atoms with van der Waals surface area (Å²) in [4.78, 5) is 24.6. The maximum atomic E-state index is 12.0. The number of ether oxygens (including phenoxy) is 1. The molecule has 1 N–H and O–H groups in total. The lowest BCUT2D eigenvalue weighted by Gasteiger charge is -2.19. The number of carbonyl (C=O) groups is 2. The van der Waals surface area contributed by atoms with E-state index in [1.165, 1.54) is 30.9 Å². The minimum absolute atomic E-state index is 0.113. The van der Waals surface area contributed by atoms with Crippen molar-refractivity contribution < 1.29 is 14.3 Å². The first kappa shape index (κ1) is 13.9. The summed E-state index contributed by atoms with van der Waals surface area (Å²) in [6.07, 6.45) is 4.06. The van der Waals surface area contributed by atoms with Crippen LogP contribution in [0.5, 0.6) is 0 Å². The molecule has 1 aliphatic heterocycles. The Morgan fingerprint density at radius 3 is 2.86 bits per heavy atom. The number of hydrogen-bond donors (Lipinski definition) is 1. The number of rotatable bonds is 3. The standard InChI is InChI=1S/C16H20N2O3/c1-11(19)17-9-15-10-18(16(20)21-15)14-7-6-12-4-2-3-5-13(12)8-14/h6-8,15H,2-5,9-10H2,1H3,(H,17,19)/t15-/m0/s1. The molecule has 1 aromatic rings. The van der Waals surface area contributed by atoms with Crippen molar-refractivity contribution in [1.82, 2.24) is 5.32 Å². The molecule has 1 aliphatic carbocycles. The molecule has 21 heavy (non-hydrogen) atoms. The molecule has 1 aromatic carbocycles. The summed E-state index contributed by atoms with van der Waals surface area (Å²) in [5.41, 5.74) is 3.63. The Bertz CT molecular complexity index is 571. The molecular formula is C16H20N2O3. The molecule has 112 valence electrons. The zero-order chi connectivity index (χ0) is 14.8. The van der Waals surface area contributed by atoms with Crippen molar-refractivity contribution in [2.75, 3.05) is 18.0 Å². The van der Waals surface area contributed by atoms with Crippen LogP contribution in [-0.4, -0.2) is 31.2 Å². The van der Waals surface area contributed by atoms with Crippen molar-refractivity contribution in [1.29, 1.82) is 0 Å². The average molecular weight is 288 g/mol. The van der Waals surface area contributed by atoms with Crippen LogP contribution in [0.1, 0.15) is 30.9 Å². The monoisotopic (exact) mass is 288 g/mol. The minimum Gasteiger partial charge on any atom is -0.442 e. The normalized spacial score (nSPS) is 20.9. The van der Waals surface area contributed by atoms with Crippen LogP contribution in [0.2, 0.25) is 0 Å². The molecule has 0 unspecified atom stereocenters. The fourth-order valence-corrected chi connectivity index (χ4v) is 2.98. The quantitative estimate of drug-likeness (QED) is 0.926. The Labute approximate surface area is 124 Å². The molecule has 1 atom stereocenters. The summed E-state index contributed by atoms with van der Waals surface area (Å²) >= 11 is 0. The molecule has 2 amide bonds. The fourth-order valence-electron chi connectivity index (χ4n) is 2.98. The van der Waals surface area contributed by atoms with E-state index in [1.807, 2.05) is 6.07 Å². The first-order valence-electron chi connectivity index (χ1n) is 7.48. The molecule has 0 aromatic heterocycles. The number of nitrogens with one attached hydrogen (secondary N) is 1. The summed E-state index contributed by atoms with van der Waals surface area (Å²) in [5, 5.41) is 2.69. The van der Waals surface area contributed by atoms with Gasteiger partial charge < -0.3 is 10.1 Å². The second kappa shape index (κ2) is 5.76. The van der Waals surface area contributed by atoms with Crippen molar-refractivity contribution in [2.45, 2.75) is 38.7 Å². The highest BCUT2D eigenvalue weighted by atomic mass is 16.6. The highest BCUT2D eigenvalue weighted by molar-refractivity contribution is 5.90. The molecular weight excluding hydrogens is 268 g/mol.